The quantitative estimate of drug-likeness (QED) is 0.702. The molecule has 0 N–H and O–H groups in total. The fraction of sp³-hybridized carbons (Fsp3) is 1.00. The number of likely N-dealkylation sites (tertiary alicyclic amines) is 2. The van der Waals surface area contributed by atoms with Crippen molar-refractivity contribution in [3.8, 4) is 0 Å². The fourth-order valence-electron chi connectivity index (χ4n) is 3.14. The summed E-state index contributed by atoms with van der Waals surface area (Å²) < 4.78 is 0. The van der Waals surface area contributed by atoms with Crippen molar-refractivity contribution in [3.05, 3.63) is 0 Å². The van der Waals surface area contributed by atoms with Crippen LogP contribution in [0.2, 0.25) is 0 Å². The van der Waals surface area contributed by atoms with Crippen LogP contribution in [-0.2, 0) is 0 Å². The highest BCUT2D eigenvalue weighted by molar-refractivity contribution is 4.81. The van der Waals surface area contributed by atoms with Crippen molar-refractivity contribution in [2.75, 3.05) is 39.3 Å². The van der Waals surface area contributed by atoms with Crippen LogP contribution in [0.25, 0.3) is 0 Å². The maximum atomic E-state index is 2.65. The molecule has 2 rings (SSSR count). The Morgan fingerprint density at radius 3 is 1.40 bits per heavy atom. The monoisotopic (exact) mass is 210 g/mol. The van der Waals surface area contributed by atoms with Gasteiger partial charge in [-0.3, -0.25) is 0 Å². The van der Waals surface area contributed by atoms with Crippen LogP contribution in [-0.4, -0.2) is 49.1 Å². The predicted molar refractivity (Wildman–Crippen MR) is 65.1 cm³/mol. The van der Waals surface area contributed by atoms with Crippen LogP contribution in [0.15, 0.2) is 0 Å². The molecule has 0 spiro atoms. The minimum absolute atomic E-state index is 0.481. The fourth-order valence-corrected chi connectivity index (χ4v) is 3.14. The van der Waals surface area contributed by atoms with E-state index in [2.05, 4.69) is 23.6 Å². The Bertz CT molecular complexity index is 169. The van der Waals surface area contributed by atoms with Gasteiger partial charge in [-0.2, -0.15) is 0 Å². The first kappa shape index (κ1) is 11.4. The SMILES string of the molecule is CC(C)(CN1CCCC1)CN1CCCC1. The lowest BCUT2D eigenvalue weighted by atomic mass is 9.92. The van der Waals surface area contributed by atoms with E-state index in [1.54, 1.807) is 0 Å². The topological polar surface area (TPSA) is 6.48 Å². The van der Waals surface area contributed by atoms with Crippen LogP contribution in [0.4, 0.5) is 0 Å². The zero-order valence-electron chi connectivity index (χ0n) is 10.5. The Balaban J connectivity index is 1.76. The highest BCUT2D eigenvalue weighted by Crippen LogP contribution is 2.23. The standard InChI is InChI=1S/C13H26N2/c1-13(2,11-14-7-3-4-8-14)12-15-9-5-6-10-15/h3-12H2,1-2H3. The molecule has 0 aliphatic carbocycles. The lowest BCUT2D eigenvalue weighted by molar-refractivity contribution is 0.149. The third-order valence-corrected chi connectivity index (χ3v) is 3.70. The van der Waals surface area contributed by atoms with Crippen LogP contribution in [0, 0.1) is 5.41 Å². The van der Waals surface area contributed by atoms with E-state index in [9.17, 15) is 0 Å². The van der Waals surface area contributed by atoms with Crippen molar-refractivity contribution < 1.29 is 0 Å². The van der Waals surface area contributed by atoms with Crippen LogP contribution in [0.3, 0.4) is 0 Å². The molecule has 0 bridgehead atoms. The minimum Gasteiger partial charge on any atom is -0.303 e. The van der Waals surface area contributed by atoms with E-state index in [4.69, 9.17) is 0 Å². The molecule has 0 aromatic carbocycles. The molecule has 2 heteroatoms. The Kier molecular flexibility index (Phi) is 3.68. The zero-order chi connectivity index (χ0) is 10.7. The average Bonchev–Trinajstić information content (AvgIpc) is 2.75. The zero-order valence-corrected chi connectivity index (χ0v) is 10.5. The molecule has 2 nitrogen and oxygen atoms in total. The molecule has 2 saturated heterocycles. The van der Waals surface area contributed by atoms with E-state index in [0.29, 0.717) is 5.41 Å². The number of nitrogens with zero attached hydrogens (tertiary/aromatic N) is 2. The summed E-state index contributed by atoms with van der Waals surface area (Å²) in [5, 5.41) is 0. The average molecular weight is 210 g/mol. The van der Waals surface area contributed by atoms with Crippen molar-refractivity contribution in [2.24, 2.45) is 5.41 Å². The Morgan fingerprint density at radius 2 is 1.07 bits per heavy atom. The molecule has 2 heterocycles. The van der Waals surface area contributed by atoms with Gasteiger partial charge in [-0.05, 0) is 57.3 Å². The summed E-state index contributed by atoms with van der Waals surface area (Å²) in [6.45, 7) is 12.8. The second-order valence-corrected chi connectivity index (χ2v) is 6.13. The van der Waals surface area contributed by atoms with E-state index >= 15 is 0 Å². The van der Waals surface area contributed by atoms with Gasteiger partial charge in [-0.15, -0.1) is 0 Å². The normalized spacial score (nSPS) is 25.2. The molecule has 15 heavy (non-hydrogen) atoms. The van der Waals surface area contributed by atoms with E-state index in [1.165, 1.54) is 65.0 Å². The maximum Gasteiger partial charge on any atom is 0.00449 e. The van der Waals surface area contributed by atoms with Gasteiger partial charge in [0.2, 0.25) is 0 Å². The van der Waals surface area contributed by atoms with E-state index in [0.717, 1.165) is 0 Å². The summed E-state index contributed by atoms with van der Waals surface area (Å²) in [6.07, 6.45) is 5.67. The predicted octanol–water partition coefficient (Wildman–Crippen LogP) is 2.20. The van der Waals surface area contributed by atoms with Crippen molar-refractivity contribution in [3.63, 3.8) is 0 Å². The first-order chi connectivity index (χ1) is 7.16. The molecule has 0 atom stereocenters. The molecule has 88 valence electrons. The van der Waals surface area contributed by atoms with Crippen LogP contribution in [0.1, 0.15) is 39.5 Å². The van der Waals surface area contributed by atoms with Crippen molar-refractivity contribution >= 4 is 0 Å². The van der Waals surface area contributed by atoms with Crippen molar-refractivity contribution in [1.82, 2.24) is 9.80 Å². The van der Waals surface area contributed by atoms with E-state index < -0.39 is 0 Å². The van der Waals surface area contributed by atoms with Crippen LogP contribution >= 0.6 is 0 Å². The summed E-state index contributed by atoms with van der Waals surface area (Å²) in [6, 6.07) is 0. The molecule has 0 aromatic rings. The maximum absolute atomic E-state index is 2.65. The van der Waals surface area contributed by atoms with Gasteiger partial charge in [0, 0.05) is 13.1 Å². The molecule has 2 fully saturated rings. The van der Waals surface area contributed by atoms with Gasteiger partial charge in [0.05, 0.1) is 0 Å². The third kappa shape index (κ3) is 3.46. The second-order valence-electron chi connectivity index (χ2n) is 6.13. The van der Waals surface area contributed by atoms with E-state index in [1.807, 2.05) is 0 Å². The Labute approximate surface area is 94.6 Å². The summed E-state index contributed by atoms with van der Waals surface area (Å²) in [5.74, 6) is 0. The molecule has 0 aromatic heterocycles. The summed E-state index contributed by atoms with van der Waals surface area (Å²) in [4.78, 5) is 5.30. The Hall–Kier alpha value is -0.0800. The smallest absolute Gasteiger partial charge is 0.00449 e. The van der Waals surface area contributed by atoms with Gasteiger partial charge < -0.3 is 9.80 Å². The summed E-state index contributed by atoms with van der Waals surface area (Å²) in [7, 11) is 0. The second kappa shape index (κ2) is 4.84. The number of hydrogen-bond acceptors (Lipinski definition) is 2. The first-order valence-electron chi connectivity index (χ1n) is 6.60. The molecule has 2 aliphatic rings. The number of rotatable bonds is 4. The summed E-state index contributed by atoms with van der Waals surface area (Å²) in [5.41, 5.74) is 0.481. The molecule has 0 radical (unpaired) electrons. The van der Waals surface area contributed by atoms with Gasteiger partial charge in [0.1, 0.15) is 0 Å². The lowest BCUT2D eigenvalue weighted by Gasteiger charge is -2.33. The van der Waals surface area contributed by atoms with Gasteiger partial charge in [0.15, 0.2) is 0 Å². The highest BCUT2D eigenvalue weighted by Gasteiger charge is 2.27. The van der Waals surface area contributed by atoms with Gasteiger partial charge in [-0.1, -0.05) is 13.8 Å². The molecule has 0 amide bonds. The number of hydrogen-bond donors (Lipinski definition) is 0. The summed E-state index contributed by atoms with van der Waals surface area (Å²) >= 11 is 0. The molecule has 2 aliphatic heterocycles. The van der Waals surface area contributed by atoms with Gasteiger partial charge in [-0.25, -0.2) is 0 Å². The highest BCUT2D eigenvalue weighted by atomic mass is 15.2. The van der Waals surface area contributed by atoms with Crippen molar-refractivity contribution in [2.45, 2.75) is 39.5 Å². The van der Waals surface area contributed by atoms with Crippen LogP contribution < -0.4 is 0 Å². The van der Waals surface area contributed by atoms with Crippen LogP contribution in [0.5, 0.6) is 0 Å². The molecular weight excluding hydrogens is 184 g/mol. The first-order valence-corrected chi connectivity index (χ1v) is 6.60. The van der Waals surface area contributed by atoms with Crippen molar-refractivity contribution in [1.29, 1.82) is 0 Å². The van der Waals surface area contributed by atoms with E-state index in [-0.39, 0.29) is 0 Å². The molecular formula is C13H26N2. The third-order valence-electron chi connectivity index (χ3n) is 3.70. The lowest BCUT2D eigenvalue weighted by Crippen LogP contribution is -2.40. The Morgan fingerprint density at radius 1 is 0.733 bits per heavy atom. The van der Waals surface area contributed by atoms with Gasteiger partial charge >= 0.3 is 0 Å². The molecule has 0 unspecified atom stereocenters. The molecule has 0 saturated carbocycles. The largest absolute Gasteiger partial charge is 0.303 e. The van der Waals surface area contributed by atoms with Gasteiger partial charge in [0.25, 0.3) is 0 Å². The minimum atomic E-state index is 0.481.